The molecule has 1 aliphatic heterocycles. The van der Waals surface area contributed by atoms with E-state index in [0.29, 0.717) is 11.3 Å². The molecule has 1 atom stereocenters. The molecule has 0 bridgehead atoms. The van der Waals surface area contributed by atoms with Gasteiger partial charge in [-0.3, -0.25) is 9.59 Å². The third kappa shape index (κ3) is 3.16. The molecule has 0 radical (unpaired) electrons. The first-order valence-electron chi connectivity index (χ1n) is 8.07. The number of hydrogen-bond donors (Lipinski definition) is 3. The van der Waals surface area contributed by atoms with Gasteiger partial charge in [0.1, 0.15) is 0 Å². The number of aliphatic hydroxyl groups excluding tert-OH is 1. The fraction of sp³-hybridized carbons (Fsp3) is 0.211. The van der Waals surface area contributed by atoms with Gasteiger partial charge in [-0.15, -0.1) is 0 Å². The first-order valence-corrected chi connectivity index (χ1v) is 8.07. The lowest BCUT2D eigenvalue weighted by atomic mass is 9.97. The number of carbonyl (C=O) groups is 3. The summed E-state index contributed by atoms with van der Waals surface area (Å²) >= 11 is 0. The first kappa shape index (κ1) is 17.6. The summed E-state index contributed by atoms with van der Waals surface area (Å²) in [5, 5.41) is 21.3. The van der Waals surface area contributed by atoms with Gasteiger partial charge in [-0.2, -0.15) is 0 Å². The van der Waals surface area contributed by atoms with Crippen LogP contribution in [0.5, 0.6) is 0 Å². The lowest BCUT2D eigenvalue weighted by Gasteiger charge is -2.22. The Hall–Kier alpha value is -3.19. The number of aliphatic hydroxyl groups is 1. The van der Waals surface area contributed by atoms with Crippen molar-refractivity contribution in [2.24, 2.45) is 0 Å². The molecular formula is C19H18N2O5. The van der Waals surface area contributed by atoms with Crippen LogP contribution in [0.25, 0.3) is 11.1 Å². The van der Waals surface area contributed by atoms with E-state index in [1.165, 1.54) is 11.8 Å². The van der Waals surface area contributed by atoms with E-state index < -0.39 is 24.5 Å². The van der Waals surface area contributed by atoms with Gasteiger partial charge in [-0.25, -0.2) is 4.79 Å². The molecule has 0 aliphatic carbocycles. The maximum absolute atomic E-state index is 12.6. The van der Waals surface area contributed by atoms with Gasteiger partial charge in [0.25, 0.3) is 5.91 Å². The summed E-state index contributed by atoms with van der Waals surface area (Å²) in [7, 11) is 0. The molecule has 0 aromatic heterocycles. The highest BCUT2D eigenvalue weighted by molar-refractivity contribution is 6.02. The van der Waals surface area contributed by atoms with Crippen molar-refractivity contribution in [3.05, 3.63) is 53.6 Å². The highest BCUT2D eigenvalue weighted by atomic mass is 16.4. The Bertz CT molecular complexity index is 876. The van der Waals surface area contributed by atoms with Crippen LogP contribution in [0.1, 0.15) is 22.8 Å². The zero-order valence-corrected chi connectivity index (χ0v) is 14.1. The molecule has 0 saturated carbocycles. The topological polar surface area (TPSA) is 107 Å². The van der Waals surface area contributed by atoms with Crippen LogP contribution in [0.2, 0.25) is 0 Å². The molecule has 0 saturated heterocycles. The van der Waals surface area contributed by atoms with Crippen LogP contribution < -0.4 is 5.32 Å². The third-order valence-electron chi connectivity index (χ3n) is 4.35. The van der Waals surface area contributed by atoms with E-state index in [-0.39, 0.29) is 12.5 Å². The Morgan fingerprint density at radius 3 is 2.38 bits per heavy atom. The Morgan fingerprint density at radius 2 is 1.81 bits per heavy atom. The van der Waals surface area contributed by atoms with Gasteiger partial charge in [-0.05, 0) is 34.9 Å². The second kappa shape index (κ2) is 6.97. The Kier molecular flexibility index (Phi) is 4.73. The lowest BCUT2D eigenvalue weighted by Crippen LogP contribution is -2.43. The molecule has 2 aromatic carbocycles. The van der Waals surface area contributed by atoms with Gasteiger partial charge in [-0.1, -0.05) is 24.3 Å². The van der Waals surface area contributed by atoms with E-state index in [0.717, 1.165) is 16.7 Å². The smallest absolute Gasteiger partial charge is 0.328 e. The average Bonchev–Trinajstić information content (AvgIpc) is 2.93. The van der Waals surface area contributed by atoms with Crippen molar-refractivity contribution in [1.29, 1.82) is 0 Å². The van der Waals surface area contributed by atoms with Crippen molar-refractivity contribution in [2.75, 3.05) is 11.9 Å². The molecule has 7 nitrogen and oxygen atoms in total. The molecule has 26 heavy (non-hydrogen) atoms. The van der Waals surface area contributed by atoms with E-state index in [1.54, 1.807) is 24.3 Å². The number of nitrogens with one attached hydrogen (secondary N) is 1. The van der Waals surface area contributed by atoms with Crippen LogP contribution in [0.15, 0.2) is 42.5 Å². The fourth-order valence-corrected chi connectivity index (χ4v) is 3.12. The molecule has 1 aliphatic rings. The molecule has 134 valence electrons. The maximum Gasteiger partial charge on any atom is 0.328 e. The van der Waals surface area contributed by atoms with Gasteiger partial charge in [0, 0.05) is 24.7 Å². The summed E-state index contributed by atoms with van der Waals surface area (Å²) in [6.07, 6.45) is 0. The van der Waals surface area contributed by atoms with E-state index in [9.17, 15) is 24.6 Å². The molecule has 0 spiro atoms. The molecule has 2 amide bonds. The highest BCUT2D eigenvalue weighted by Gasteiger charge is 2.37. The number of benzene rings is 2. The predicted octanol–water partition coefficient (Wildman–Crippen LogP) is 1.71. The maximum atomic E-state index is 12.6. The van der Waals surface area contributed by atoms with Gasteiger partial charge in [0.2, 0.25) is 5.91 Å². The second-order valence-corrected chi connectivity index (χ2v) is 6.06. The normalized spacial score (nSPS) is 14.1. The van der Waals surface area contributed by atoms with Crippen LogP contribution in [0.3, 0.4) is 0 Å². The molecule has 0 unspecified atom stereocenters. The number of carboxylic acid groups (broad SMARTS) is 1. The number of aliphatic carboxylic acids is 1. The molecule has 2 aromatic rings. The number of nitrogens with zero attached hydrogens (tertiary/aromatic N) is 1. The number of hydrogen-bond acceptors (Lipinski definition) is 4. The minimum atomic E-state index is -1.27. The van der Waals surface area contributed by atoms with E-state index in [2.05, 4.69) is 5.32 Å². The Labute approximate surface area is 149 Å². The highest BCUT2D eigenvalue weighted by Crippen LogP contribution is 2.34. The Balaban J connectivity index is 1.96. The van der Waals surface area contributed by atoms with Gasteiger partial charge in [0.15, 0.2) is 6.04 Å². The van der Waals surface area contributed by atoms with E-state index in [4.69, 9.17) is 0 Å². The van der Waals surface area contributed by atoms with Crippen molar-refractivity contribution in [2.45, 2.75) is 19.5 Å². The van der Waals surface area contributed by atoms with Crippen LogP contribution in [0.4, 0.5) is 5.69 Å². The van der Waals surface area contributed by atoms with Crippen molar-refractivity contribution in [3.63, 3.8) is 0 Å². The summed E-state index contributed by atoms with van der Waals surface area (Å²) in [5.74, 6) is -1.81. The quantitative estimate of drug-likeness (QED) is 0.758. The van der Waals surface area contributed by atoms with Crippen LogP contribution >= 0.6 is 0 Å². The zero-order valence-electron chi connectivity index (χ0n) is 14.1. The SMILES string of the molecule is CC(=O)Nc1ccc(-c2cccc3c2CN([C@H](CO)C(=O)O)C3=O)cc1. The van der Waals surface area contributed by atoms with Gasteiger partial charge >= 0.3 is 5.97 Å². The molecule has 1 heterocycles. The number of amides is 2. The van der Waals surface area contributed by atoms with Crippen molar-refractivity contribution in [3.8, 4) is 11.1 Å². The second-order valence-electron chi connectivity index (χ2n) is 6.06. The number of carboxylic acids is 1. The largest absolute Gasteiger partial charge is 0.480 e. The standard InChI is InChI=1S/C19H18N2O5/c1-11(23)20-13-7-5-12(6-8-13)14-3-2-4-15-16(14)9-21(18(15)24)17(10-22)19(25)26/h2-8,17,22H,9-10H2,1H3,(H,20,23)(H,25,26)/t17-/m1/s1. The predicted molar refractivity (Wildman–Crippen MR) is 94.6 cm³/mol. The molecule has 7 heteroatoms. The summed E-state index contributed by atoms with van der Waals surface area (Å²) in [6, 6.07) is 11.2. The molecule has 3 rings (SSSR count). The summed E-state index contributed by atoms with van der Waals surface area (Å²) < 4.78 is 0. The van der Waals surface area contributed by atoms with E-state index >= 15 is 0 Å². The van der Waals surface area contributed by atoms with Gasteiger partial charge < -0.3 is 20.4 Å². The average molecular weight is 354 g/mol. The molecule has 3 N–H and O–H groups in total. The van der Waals surface area contributed by atoms with E-state index in [1.807, 2.05) is 18.2 Å². The summed E-state index contributed by atoms with van der Waals surface area (Å²) in [6.45, 7) is 0.906. The van der Waals surface area contributed by atoms with Crippen LogP contribution in [-0.4, -0.2) is 45.5 Å². The lowest BCUT2D eigenvalue weighted by molar-refractivity contribution is -0.143. The minimum absolute atomic E-state index is 0.120. The minimum Gasteiger partial charge on any atom is -0.480 e. The first-order chi connectivity index (χ1) is 12.4. The van der Waals surface area contributed by atoms with Crippen molar-refractivity contribution in [1.82, 2.24) is 4.90 Å². The van der Waals surface area contributed by atoms with Gasteiger partial charge in [0.05, 0.1) is 6.61 Å². The summed E-state index contributed by atoms with van der Waals surface area (Å²) in [5.41, 5.74) is 3.49. The van der Waals surface area contributed by atoms with Crippen LogP contribution in [0, 0.1) is 0 Å². The van der Waals surface area contributed by atoms with Crippen molar-refractivity contribution < 1.29 is 24.6 Å². The fourth-order valence-electron chi connectivity index (χ4n) is 3.12. The number of rotatable bonds is 5. The Morgan fingerprint density at radius 1 is 1.15 bits per heavy atom. The number of anilines is 1. The number of carbonyl (C=O) groups excluding carboxylic acids is 2. The number of fused-ring (bicyclic) bond motifs is 1. The summed E-state index contributed by atoms with van der Waals surface area (Å²) in [4.78, 5) is 36.2. The molecular weight excluding hydrogens is 336 g/mol. The van der Waals surface area contributed by atoms with Crippen LogP contribution in [-0.2, 0) is 16.1 Å². The molecule has 0 fully saturated rings. The monoisotopic (exact) mass is 354 g/mol. The third-order valence-corrected chi connectivity index (χ3v) is 4.35. The van der Waals surface area contributed by atoms with Crippen molar-refractivity contribution >= 4 is 23.5 Å². The zero-order chi connectivity index (χ0) is 18.8.